The Hall–Kier alpha value is -4.55. The fraction of sp³-hybridized carbons (Fsp3) is 0.143. The SMILES string of the molecule is CCN1C(=O)C(=Cc2ccc(OCc3ccccc3C#N)c(OC)c2)SC1=Nc1cccc(C(=O)O)c1. The molecule has 1 amide bonds. The summed E-state index contributed by atoms with van der Waals surface area (Å²) in [5.41, 5.74) is 2.64. The summed E-state index contributed by atoms with van der Waals surface area (Å²) < 4.78 is 11.4. The molecule has 1 aliphatic heterocycles. The standard InChI is InChI=1S/C28H23N3O5S/c1-3-31-26(32)25(37-28(31)30-22-10-6-9-19(15-22)27(33)34)14-18-11-12-23(24(13-18)35-2)36-17-21-8-5-4-7-20(21)16-29/h4-15H,3,17H2,1-2H3,(H,33,34). The number of aliphatic imine (C=N–C) groups is 1. The fourth-order valence-electron chi connectivity index (χ4n) is 3.64. The molecular formula is C28H23N3O5S. The van der Waals surface area contributed by atoms with Crippen molar-refractivity contribution in [2.24, 2.45) is 4.99 Å². The second-order valence-corrected chi connectivity index (χ2v) is 8.89. The molecule has 0 radical (unpaired) electrons. The van der Waals surface area contributed by atoms with Gasteiger partial charge < -0.3 is 14.6 Å². The van der Waals surface area contributed by atoms with Crippen LogP contribution in [0, 0.1) is 11.3 Å². The summed E-state index contributed by atoms with van der Waals surface area (Å²) in [7, 11) is 1.53. The minimum absolute atomic E-state index is 0.125. The first kappa shape index (κ1) is 25.5. The van der Waals surface area contributed by atoms with Gasteiger partial charge in [-0.3, -0.25) is 9.69 Å². The smallest absolute Gasteiger partial charge is 0.335 e. The minimum atomic E-state index is -1.04. The average Bonchev–Trinajstić information content (AvgIpc) is 3.21. The lowest BCUT2D eigenvalue weighted by Gasteiger charge is -2.12. The zero-order valence-corrected chi connectivity index (χ0v) is 21.0. The molecule has 0 atom stereocenters. The summed E-state index contributed by atoms with van der Waals surface area (Å²) in [5, 5.41) is 19.0. The molecule has 0 bridgehead atoms. The third-order valence-corrected chi connectivity index (χ3v) is 6.54. The van der Waals surface area contributed by atoms with E-state index in [2.05, 4.69) is 11.1 Å². The number of hydrogen-bond acceptors (Lipinski definition) is 7. The Balaban J connectivity index is 1.56. The third-order valence-electron chi connectivity index (χ3n) is 5.53. The van der Waals surface area contributed by atoms with Crippen LogP contribution in [-0.2, 0) is 11.4 Å². The van der Waals surface area contributed by atoms with Crippen molar-refractivity contribution in [3.8, 4) is 17.6 Å². The third kappa shape index (κ3) is 5.82. The van der Waals surface area contributed by atoms with E-state index in [9.17, 15) is 20.0 Å². The molecule has 1 aliphatic rings. The molecule has 8 nitrogen and oxygen atoms in total. The van der Waals surface area contributed by atoms with E-state index in [4.69, 9.17) is 9.47 Å². The van der Waals surface area contributed by atoms with E-state index in [1.54, 1.807) is 47.4 Å². The van der Waals surface area contributed by atoms with Gasteiger partial charge in [0.1, 0.15) is 6.61 Å². The highest BCUT2D eigenvalue weighted by molar-refractivity contribution is 8.18. The number of amides is 1. The van der Waals surface area contributed by atoms with Crippen LogP contribution < -0.4 is 9.47 Å². The van der Waals surface area contributed by atoms with E-state index >= 15 is 0 Å². The number of ether oxygens (including phenoxy) is 2. The number of methoxy groups -OCH3 is 1. The molecule has 0 saturated carbocycles. The van der Waals surface area contributed by atoms with Crippen LogP contribution in [0.15, 0.2) is 76.6 Å². The summed E-state index contributed by atoms with van der Waals surface area (Å²) in [6.45, 7) is 2.48. The molecule has 1 fully saturated rings. The number of carbonyl (C=O) groups excluding carboxylic acids is 1. The van der Waals surface area contributed by atoms with Crippen LogP contribution in [0.3, 0.4) is 0 Å². The number of aromatic carboxylic acids is 1. The van der Waals surface area contributed by atoms with Gasteiger partial charge in [0.25, 0.3) is 5.91 Å². The van der Waals surface area contributed by atoms with Crippen molar-refractivity contribution < 1.29 is 24.2 Å². The largest absolute Gasteiger partial charge is 0.493 e. The summed E-state index contributed by atoms with van der Waals surface area (Å²) >= 11 is 1.22. The molecule has 4 rings (SSSR count). The van der Waals surface area contributed by atoms with Gasteiger partial charge in [0.05, 0.1) is 34.9 Å². The number of thioether (sulfide) groups is 1. The molecule has 1 N–H and O–H groups in total. The van der Waals surface area contributed by atoms with Crippen LogP contribution in [0.5, 0.6) is 11.5 Å². The normalized spacial score (nSPS) is 15.2. The number of carbonyl (C=O) groups is 2. The highest BCUT2D eigenvalue weighted by Crippen LogP contribution is 2.36. The van der Waals surface area contributed by atoms with Gasteiger partial charge in [-0.05, 0) is 66.7 Å². The van der Waals surface area contributed by atoms with Crippen molar-refractivity contribution >= 4 is 40.6 Å². The predicted octanol–water partition coefficient (Wildman–Crippen LogP) is 5.47. The highest BCUT2D eigenvalue weighted by atomic mass is 32.2. The number of amidine groups is 1. The predicted molar refractivity (Wildman–Crippen MR) is 142 cm³/mol. The van der Waals surface area contributed by atoms with E-state index in [0.717, 1.165) is 11.1 Å². The number of hydrogen-bond donors (Lipinski definition) is 1. The van der Waals surface area contributed by atoms with Crippen LogP contribution in [0.4, 0.5) is 5.69 Å². The lowest BCUT2D eigenvalue weighted by atomic mass is 10.1. The Morgan fingerprint density at radius 2 is 1.95 bits per heavy atom. The summed E-state index contributed by atoms with van der Waals surface area (Å²) in [4.78, 5) is 30.9. The van der Waals surface area contributed by atoms with Crippen molar-refractivity contribution in [3.63, 3.8) is 0 Å². The molecule has 9 heteroatoms. The van der Waals surface area contributed by atoms with E-state index in [-0.39, 0.29) is 18.1 Å². The van der Waals surface area contributed by atoms with Crippen LogP contribution in [0.2, 0.25) is 0 Å². The first-order valence-electron chi connectivity index (χ1n) is 11.4. The molecule has 1 saturated heterocycles. The maximum absolute atomic E-state index is 13.0. The van der Waals surface area contributed by atoms with Crippen molar-refractivity contribution in [1.82, 2.24) is 4.90 Å². The number of carboxylic acids is 1. The number of rotatable bonds is 8. The molecule has 0 spiro atoms. The Labute approximate surface area is 218 Å². The quantitative estimate of drug-likeness (QED) is 0.398. The second kappa shape index (κ2) is 11.5. The summed E-state index contributed by atoms with van der Waals surface area (Å²) in [6.07, 6.45) is 1.75. The Morgan fingerprint density at radius 1 is 1.14 bits per heavy atom. The van der Waals surface area contributed by atoms with Gasteiger partial charge in [-0.15, -0.1) is 0 Å². The van der Waals surface area contributed by atoms with Gasteiger partial charge in [-0.2, -0.15) is 5.26 Å². The van der Waals surface area contributed by atoms with Crippen LogP contribution in [0.25, 0.3) is 6.08 Å². The van der Waals surface area contributed by atoms with Crippen LogP contribution in [-0.4, -0.2) is 40.7 Å². The van der Waals surface area contributed by atoms with Crippen LogP contribution in [0.1, 0.15) is 34.0 Å². The van der Waals surface area contributed by atoms with Crippen molar-refractivity contribution in [1.29, 1.82) is 5.26 Å². The zero-order chi connectivity index (χ0) is 26.4. The molecule has 0 aromatic heterocycles. The maximum Gasteiger partial charge on any atom is 0.335 e. The Kier molecular flexibility index (Phi) is 7.91. The molecule has 3 aromatic carbocycles. The van der Waals surface area contributed by atoms with Gasteiger partial charge in [0.2, 0.25) is 0 Å². The number of nitrogens with zero attached hydrogens (tertiary/aromatic N) is 3. The van der Waals surface area contributed by atoms with Crippen molar-refractivity contribution in [2.45, 2.75) is 13.5 Å². The molecule has 0 unspecified atom stereocenters. The van der Waals surface area contributed by atoms with Gasteiger partial charge in [-0.25, -0.2) is 9.79 Å². The molecule has 0 aliphatic carbocycles. The Morgan fingerprint density at radius 3 is 2.68 bits per heavy atom. The van der Waals surface area contributed by atoms with Gasteiger partial charge in [-0.1, -0.05) is 30.3 Å². The average molecular weight is 514 g/mol. The van der Waals surface area contributed by atoms with Gasteiger partial charge in [0, 0.05) is 12.1 Å². The topological polar surface area (TPSA) is 112 Å². The van der Waals surface area contributed by atoms with E-state index in [1.165, 1.54) is 31.0 Å². The lowest BCUT2D eigenvalue weighted by Crippen LogP contribution is -2.28. The van der Waals surface area contributed by atoms with Gasteiger partial charge in [0.15, 0.2) is 16.7 Å². The van der Waals surface area contributed by atoms with Crippen LogP contribution >= 0.6 is 11.8 Å². The fourth-order valence-corrected chi connectivity index (χ4v) is 4.71. The molecular weight excluding hydrogens is 490 g/mol. The number of carboxylic acid groups (broad SMARTS) is 1. The molecule has 1 heterocycles. The van der Waals surface area contributed by atoms with E-state index < -0.39 is 5.97 Å². The monoisotopic (exact) mass is 513 g/mol. The molecule has 37 heavy (non-hydrogen) atoms. The first-order chi connectivity index (χ1) is 17.9. The van der Waals surface area contributed by atoms with E-state index in [0.29, 0.717) is 39.4 Å². The van der Waals surface area contributed by atoms with Crippen molar-refractivity contribution in [2.75, 3.05) is 13.7 Å². The summed E-state index contributed by atoms with van der Waals surface area (Å²) in [5.74, 6) is -0.224. The molecule has 186 valence electrons. The lowest BCUT2D eigenvalue weighted by molar-refractivity contribution is -0.122. The zero-order valence-electron chi connectivity index (χ0n) is 20.2. The summed E-state index contributed by atoms with van der Waals surface area (Å²) in [6, 6.07) is 21.0. The van der Waals surface area contributed by atoms with E-state index in [1.807, 2.05) is 25.1 Å². The highest BCUT2D eigenvalue weighted by Gasteiger charge is 2.32. The van der Waals surface area contributed by atoms with Crippen molar-refractivity contribution in [3.05, 3.63) is 93.9 Å². The molecule has 3 aromatic rings. The maximum atomic E-state index is 13.0. The minimum Gasteiger partial charge on any atom is -0.493 e. The number of benzene rings is 3. The number of nitriles is 1. The Bertz CT molecular complexity index is 1460. The number of likely N-dealkylation sites (N-methyl/N-ethyl adjacent to an activating group) is 1. The first-order valence-corrected chi connectivity index (χ1v) is 12.2. The van der Waals surface area contributed by atoms with Gasteiger partial charge >= 0.3 is 5.97 Å². The second-order valence-electron chi connectivity index (χ2n) is 7.88.